The molecule has 0 aromatic rings. The van der Waals surface area contributed by atoms with Gasteiger partial charge in [-0.05, 0) is 25.7 Å². The monoisotopic (exact) mass is 267 g/mol. The molecule has 1 rings (SSSR count). The van der Waals surface area contributed by atoms with Crippen LogP contribution >= 0.6 is 0 Å². The van der Waals surface area contributed by atoms with Crippen molar-refractivity contribution in [3.05, 3.63) is 0 Å². The van der Waals surface area contributed by atoms with Crippen molar-refractivity contribution in [3.63, 3.8) is 0 Å². The van der Waals surface area contributed by atoms with E-state index in [1.807, 2.05) is 18.7 Å². The molecule has 2 atom stereocenters. The third-order valence-electron chi connectivity index (χ3n) is 4.42. The second-order valence-electron chi connectivity index (χ2n) is 6.13. The van der Waals surface area contributed by atoms with Crippen molar-refractivity contribution in [1.29, 1.82) is 0 Å². The zero-order valence-electron chi connectivity index (χ0n) is 12.9. The second-order valence-corrected chi connectivity index (χ2v) is 6.13. The first-order valence-corrected chi connectivity index (χ1v) is 7.79. The van der Waals surface area contributed by atoms with E-state index in [4.69, 9.17) is 0 Å². The van der Waals surface area contributed by atoms with Gasteiger partial charge in [0.2, 0.25) is 5.91 Å². The van der Waals surface area contributed by atoms with E-state index in [-0.39, 0.29) is 5.92 Å². The number of ketones is 1. The Bertz CT molecular complexity index is 312. The molecule has 0 N–H and O–H groups in total. The minimum Gasteiger partial charge on any atom is -0.340 e. The van der Waals surface area contributed by atoms with Crippen molar-refractivity contribution in [3.8, 4) is 0 Å². The predicted octanol–water partition coefficient (Wildman–Crippen LogP) is 3.42. The van der Waals surface area contributed by atoms with E-state index >= 15 is 0 Å². The molecule has 1 aliphatic rings. The van der Waals surface area contributed by atoms with Gasteiger partial charge in [0.15, 0.2) is 0 Å². The zero-order valence-corrected chi connectivity index (χ0v) is 12.9. The molecule has 1 amide bonds. The van der Waals surface area contributed by atoms with Gasteiger partial charge >= 0.3 is 0 Å². The van der Waals surface area contributed by atoms with Crippen molar-refractivity contribution >= 4 is 11.7 Å². The first-order chi connectivity index (χ1) is 8.97. The summed E-state index contributed by atoms with van der Waals surface area (Å²) < 4.78 is 0. The summed E-state index contributed by atoms with van der Waals surface area (Å²) in [5.74, 6) is 1.37. The molecule has 19 heavy (non-hydrogen) atoms. The van der Waals surface area contributed by atoms with Gasteiger partial charge in [-0.2, -0.15) is 0 Å². The van der Waals surface area contributed by atoms with Gasteiger partial charge in [0.1, 0.15) is 5.78 Å². The van der Waals surface area contributed by atoms with Gasteiger partial charge in [-0.25, -0.2) is 0 Å². The molecule has 0 bridgehead atoms. The Morgan fingerprint density at radius 3 is 2.53 bits per heavy atom. The maximum atomic E-state index is 11.9. The highest BCUT2D eigenvalue weighted by Crippen LogP contribution is 2.28. The molecular formula is C16H29NO2. The molecular weight excluding hydrogens is 238 g/mol. The highest BCUT2D eigenvalue weighted by molar-refractivity contribution is 5.80. The smallest absolute Gasteiger partial charge is 0.223 e. The second kappa shape index (κ2) is 7.66. The van der Waals surface area contributed by atoms with Crippen LogP contribution in [0.25, 0.3) is 0 Å². The first-order valence-electron chi connectivity index (χ1n) is 7.79. The summed E-state index contributed by atoms with van der Waals surface area (Å²) in [4.78, 5) is 25.4. The normalized spacial score (nSPS) is 23.4. The number of hydrogen-bond donors (Lipinski definition) is 0. The molecule has 2 unspecified atom stereocenters. The molecule has 0 radical (unpaired) electrons. The first kappa shape index (κ1) is 16.2. The maximum absolute atomic E-state index is 11.9. The minimum absolute atomic E-state index is 0.158. The van der Waals surface area contributed by atoms with E-state index in [0.29, 0.717) is 30.1 Å². The SMILES string of the molecule is CCC1CC(=O)N(CCCCCC(=O)C(C)C)C1C. The highest BCUT2D eigenvalue weighted by atomic mass is 16.2. The summed E-state index contributed by atoms with van der Waals surface area (Å²) in [6.45, 7) is 9.11. The van der Waals surface area contributed by atoms with Crippen LogP contribution in [0.2, 0.25) is 0 Å². The van der Waals surface area contributed by atoms with Crippen molar-refractivity contribution in [2.24, 2.45) is 11.8 Å². The van der Waals surface area contributed by atoms with Gasteiger partial charge in [0.25, 0.3) is 0 Å². The lowest BCUT2D eigenvalue weighted by atomic mass is 9.99. The number of carbonyl (C=O) groups is 2. The number of rotatable bonds is 8. The number of Topliss-reactive ketones (excluding diaryl/α,β-unsaturated/α-hetero) is 1. The van der Waals surface area contributed by atoms with Crippen LogP contribution in [-0.4, -0.2) is 29.2 Å². The van der Waals surface area contributed by atoms with Crippen LogP contribution in [0.3, 0.4) is 0 Å². The van der Waals surface area contributed by atoms with Crippen LogP contribution in [0.1, 0.15) is 66.2 Å². The third kappa shape index (κ3) is 4.63. The number of nitrogens with zero attached hydrogens (tertiary/aromatic N) is 1. The van der Waals surface area contributed by atoms with E-state index in [0.717, 1.165) is 38.6 Å². The molecule has 3 nitrogen and oxygen atoms in total. The molecule has 0 aromatic carbocycles. The van der Waals surface area contributed by atoms with Crippen LogP contribution in [0, 0.1) is 11.8 Å². The molecule has 3 heteroatoms. The molecule has 0 spiro atoms. The summed E-state index contributed by atoms with van der Waals surface area (Å²) in [5, 5.41) is 0. The Kier molecular flexibility index (Phi) is 6.53. The maximum Gasteiger partial charge on any atom is 0.223 e. The molecule has 0 aromatic heterocycles. The Labute approximate surface area is 117 Å². The fourth-order valence-corrected chi connectivity index (χ4v) is 2.85. The quantitative estimate of drug-likeness (QED) is 0.632. The lowest BCUT2D eigenvalue weighted by Crippen LogP contribution is -2.33. The molecule has 1 fully saturated rings. The average Bonchev–Trinajstić information content (AvgIpc) is 2.64. The van der Waals surface area contributed by atoms with Crippen LogP contribution in [0.15, 0.2) is 0 Å². The number of hydrogen-bond acceptors (Lipinski definition) is 2. The van der Waals surface area contributed by atoms with Gasteiger partial charge in [-0.1, -0.05) is 33.6 Å². The fraction of sp³-hybridized carbons (Fsp3) is 0.875. The van der Waals surface area contributed by atoms with Crippen LogP contribution in [0.5, 0.6) is 0 Å². The van der Waals surface area contributed by atoms with Crippen LogP contribution in [-0.2, 0) is 9.59 Å². The molecule has 110 valence electrons. The largest absolute Gasteiger partial charge is 0.340 e. The lowest BCUT2D eigenvalue weighted by Gasteiger charge is -2.24. The Morgan fingerprint density at radius 1 is 1.32 bits per heavy atom. The van der Waals surface area contributed by atoms with Crippen molar-refractivity contribution in [1.82, 2.24) is 4.90 Å². The number of likely N-dealkylation sites (tertiary alicyclic amines) is 1. The van der Waals surface area contributed by atoms with Gasteiger partial charge in [0, 0.05) is 31.3 Å². The molecule has 1 saturated heterocycles. The lowest BCUT2D eigenvalue weighted by molar-refractivity contribution is -0.129. The number of amides is 1. The van der Waals surface area contributed by atoms with Gasteiger partial charge in [-0.15, -0.1) is 0 Å². The minimum atomic E-state index is 0.158. The van der Waals surface area contributed by atoms with E-state index in [2.05, 4.69) is 13.8 Å². The van der Waals surface area contributed by atoms with Gasteiger partial charge < -0.3 is 4.90 Å². The Morgan fingerprint density at radius 2 is 2.00 bits per heavy atom. The van der Waals surface area contributed by atoms with E-state index in [1.165, 1.54) is 0 Å². The van der Waals surface area contributed by atoms with Gasteiger partial charge in [0.05, 0.1) is 0 Å². The fourth-order valence-electron chi connectivity index (χ4n) is 2.85. The van der Waals surface area contributed by atoms with E-state index < -0.39 is 0 Å². The molecule has 1 heterocycles. The summed E-state index contributed by atoms with van der Waals surface area (Å²) in [7, 11) is 0. The van der Waals surface area contributed by atoms with E-state index in [9.17, 15) is 9.59 Å². The van der Waals surface area contributed by atoms with Crippen LogP contribution in [0.4, 0.5) is 0 Å². The Hall–Kier alpha value is -0.860. The summed E-state index contributed by atoms with van der Waals surface area (Å²) >= 11 is 0. The Balaban J connectivity index is 2.19. The average molecular weight is 267 g/mol. The van der Waals surface area contributed by atoms with E-state index in [1.54, 1.807) is 0 Å². The topological polar surface area (TPSA) is 37.4 Å². The molecule has 1 aliphatic heterocycles. The van der Waals surface area contributed by atoms with Crippen molar-refractivity contribution in [2.45, 2.75) is 72.3 Å². The van der Waals surface area contributed by atoms with Crippen LogP contribution < -0.4 is 0 Å². The summed E-state index contributed by atoms with van der Waals surface area (Å²) in [6, 6.07) is 0.398. The zero-order chi connectivity index (χ0) is 14.4. The third-order valence-corrected chi connectivity index (χ3v) is 4.42. The highest BCUT2D eigenvalue weighted by Gasteiger charge is 2.34. The van der Waals surface area contributed by atoms with Crippen molar-refractivity contribution in [2.75, 3.05) is 6.54 Å². The standard InChI is InChI=1S/C16H29NO2/c1-5-14-11-16(19)17(13(14)4)10-8-6-7-9-15(18)12(2)3/h12-14H,5-11H2,1-4H3. The van der Waals surface area contributed by atoms with Gasteiger partial charge in [-0.3, -0.25) is 9.59 Å². The predicted molar refractivity (Wildman–Crippen MR) is 77.9 cm³/mol. The molecule has 0 saturated carbocycles. The summed E-state index contributed by atoms with van der Waals surface area (Å²) in [5.41, 5.74) is 0. The summed E-state index contributed by atoms with van der Waals surface area (Å²) in [6.07, 6.45) is 5.54. The number of carbonyl (C=O) groups excluding carboxylic acids is 2. The number of unbranched alkanes of at least 4 members (excludes halogenated alkanes) is 2. The van der Waals surface area contributed by atoms with Crippen molar-refractivity contribution < 1.29 is 9.59 Å². The molecule has 0 aliphatic carbocycles.